The highest BCUT2D eigenvalue weighted by Crippen LogP contribution is 2.13. The predicted octanol–water partition coefficient (Wildman–Crippen LogP) is 4.03. The monoisotopic (exact) mass is 227 g/mol. The van der Waals surface area contributed by atoms with Crippen molar-refractivity contribution in [1.82, 2.24) is 0 Å². The second kappa shape index (κ2) is 11.0. The van der Waals surface area contributed by atoms with Gasteiger partial charge in [0.25, 0.3) is 0 Å². The maximum atomic E-state index is 10.8. The lowest BCUT2D eigenvalue weighted by molar-refractivity contribution is -0.121. The molecule has 0 bridgehead atoms. The molecule has 0 aliphatic heterocycles. The van der Waals surface area contributed by atoms with E-state index in [2.05, 4.69) is 6.92 Å². The Morgan fingerprint density at radius 1 is 0.938 bits per heavy atom. The van der Waals surface area contributed by atoms with Gasteiger partial charge >= 0.3 is 0 Å². The molecule has 0 saturated heterocycles. The van der Waals surface area contributed by atoms with Gasteiger partial charge in [-0.1, -0.05) is 71.6 Å². The number of nitrogens with two attached hydrogens (primary N) is 1. The van der Waals surface area contributed by atoms with Crippen LogP contribution in [0.3, 0.4) is 0 Å². The minimum absolute atomic E-state index is 0.0598. The quantitative estimate of drug-likeness (QED) is 0.532. The second-order valence-electron chi connectivity index (χ2n) is 4.92. The van der Waals surface area contributed by atoms with Crippen LogP contribution in [0.4, 0.5) is 0 Å². The Balaban J connectivity index is 3.07. The fourth-order valence-corrected chi connectivity index (χ4v) is 1.90. The summed E-state index contributed by atoms with van der Waals surface area (Å²) >= 11 is 0. The molecule has 0 aromatic carbocycles. The van der Waals surface area contributed by atoms with Gasteiger partial charge in [0.15, 0.2) is 0 Å². The molecular weight excluding hydrogens is 198 g/mol. The summed E-state index contributed by atoms with van der Waals surface area (Å²) < 4.78 is 0. The van der Waals surface area contributed by atoms with Crippen LogP contribution in [0, 0.1) is 5.92 Å². The van der Waals surface area contributed by atoms with Crippen molar-refractivity contribution in [3.05, 3.63) is 0 Å². The number of primary amides is 1. The second-order valence-corrected chi connectivity index (χ2v) is 4.92. The Kier molecular flexibility index (Phi) is 10.6. The fourth-order valence-electron chi connectivity index (χ4n) is 1.90. The first-order chi connectivity index (χ1) is 7.68. The molecular formula is C14H29NO. The van der Waals surface area contributed by atoms with Crippen molar-refractivity contribution >= 4 is 5.91 Å². The summed E-state index contributed by atoms with van der Waals surface area (Å²) in [5, 5.41) is 0. The van der Waals surface area contributed by atoms with Crippen LogP contribution in [0.1, 0.15) is 78.1 Å². The summed E-state index contributed by atoms with van der Waals surface area (Å²) in [6.45, 7) is 4.17. The van der Waals surface area contributed by atoms with Crippen molar-refractivity contribution in [3.63, 3.8) is 0 Å². The molecule has 0 saturated carbocycles. The molecule has 0 aliphatic carbocycles. The zero-order valence-corrected chi connectivity index (χ0v) is 11.1. The van der Waals surface area contributed by atoms with Crippen LogP contribution in [0.15, 0.2) is 0 Å². The van der Waals surface area contributed by atoms with Gasteiger partial charge in [-0.3, -0.25) is 4.79 Å². The fraction of sp³-hybridized carbons (Fsp3) is 0.929. The number of rotatable bonds is 11. The Morgan fingerprint density at radius 3 is 1.81 bits per heavy atom. The summed E-state index contributed by atoms with van der Waals surface area (Å²) in [6.07, 6.45) is 12.9. The molecule has 0 aromatic rings. The van der Waals surface area contributed by atoms with Crippen LogP contribution >= 0.6 is 0 Å². The van der Waals surface area contributed by atoms with E-state index in [1.54, 1.807) is 0 Å². The van der Waals surface area contributed by atoms with E-state index >= 15 is 0 Å². The molecule has 1 atom stereocenters. The molecule has 16 heavy (non-hydrogen) atoms. The van der Waals surface area contributed by atoms with Gasteiger partial charge in [0, 0.05) is 5.92 Å². The first-order valence-corrected chi connectivity index (χ1v) is 6.97. The van der Waals surface area contributed by atoms with Crippen LogP contribution < -0.4 is 5.73 Å². The zero-order chi connectivity index (χ0) is 12.2. The van der Waals surface area contributed by atoms with Crippen molar-refractivity contribution in [2.24, 2.45) is 11.7 Å². The lowest BCUT2D eigenvalue weighted by Crippen LogP contribution is -2.20. The van der Waals surface area contributed by atoms with Gasteiger partial charge in [-0.2, -0.15) is 0 Å². The van der Waals surface area contributed by atoms with Gasteiger partial charge in [0.05, 0.1) is 0 Å². The van der Waals surface area contributed by atoms with Gasteiger partial charge in [-0.15, -0.1) is 0 Å². The summed E-state index contributed by atoms with van der Waals surface area (Å²) in [4.78, 5) is 10.8. The van der Waals surface area contributed by atoms with Crippen molar-refractivity contribution < 1.29 is 4.79 Å². The standard InChI is InChI=1S/C14H29NO/c1-3-4-5-6-7-8-9-10-11-12-13(2)14(15)16/h13H,3-12H2,1-2H3,(H2,15,16)/t13-/m1/s1. The Hall–Kier alpha value is -0.530. The van der Waals surface area contributed by atoms with E-state index in [-0.39, 0.29) is 11.8 Å². The Bertz CT molecular complexity index is 168. The highest BCUT2D eigenvalue weighted by Gasteiger charge is 2.06. The predicted molar refractivity (Wildman–Crippen MR) is 70.2 cm³/mol. The largest absolute Gasteiger partial charge is 0.369 e. The van der Waals surface area contributed by atoms with Crippen molar-refractivity contribution in [2.45, 2.75) is 78.1 Å². The third kappa shape index (κ3) is 10.0. The molecule has 0 aromatic heterocycles. The van der Waals surface area contributed by atoms with E-state index in [1.165, 1.54) is 51.4 Å². The van der Waals surface area contributed by atoms with E-state index in [9.17, 15) is 4.79 Å². The molecule has 0 rings (SSSR count). The summed E-state index contributed by atoms with van der Waals surface area (Å²) in [7, 11) is 0. The van der Waals surface area contributed by atoms with Crippen LogP contribution in [0.5, 0.6) is 0 Å². The topological polar surface area (TPSA) is 43.1 Å². The van der Waals surface area contributed by atoms with Gasteiger partial charge in [0.1, 0.15) is 0 Å². The van der Waals surface area contributed by atoms with E-state index < -0.39 is 0 Å². The van der Waals surface area contributed by atoms with Crippen molar-refractivity contribution in [3.8, 4) is 0 Å². The molecule has 0 fully saturated rings. The summed E-state index contributed by atoms with van der Waals surface area (Å²) in [5.41, 5.74) is 5.21. The van der Waals surface area contributed by atoms with Gasteiger partial charge in [0.2, 0.25) is 5.91 Å². The minimum Gasteiger partial charge on any atom is -0.369 e. The van der Waals surface area contributed by atoms with Crippen LogP contribution in [-0.4, -0.2) is 5.91 Å². The van der Waals surface area contributed by atoms with Crippen LogP contribution in [0.2, 0.25) is 0 Å². The number of carbonyl (C=O) groups excluding carboxylic acids is 1. The number of hydrogen-bond acceptors (Lipinski definition) is 1. The number of amides is 1. The maximum absolute atomic E-state index is 10.8. The molecule has 1 amide bonds. The number of hydrogen-bond donors (Lipinski definition) is 1. The first-order valence-electron chi connectivity index (χ1n) is 6.97. The smallest absolute Gasteiger partial charge is 0.220 e. The summed E-state index contributed by atoms with van der Waals surface area (Å²) in [5.74, 6) is -0.0934. The average Bonchev–Trinajstić information content (AvgIpc) is 2.26. The van der Waals surface area contributed by atoms with Crippen LogP contribution in [-0.2, 0) is 4.79 Å². The van der Waals surface area contributed by atoms with Crippen molar-refractivity contribution in [2.75, 3.05) is 0 Å². The third-order valence-corrected chi connectivity index (χ3v) is 3.23. The lowest BCUT2D eigenvalue weighted by atomic mass is 10.0. The number of carbonyl (C=O) groups is 1. The molecule has 2 heteroatoms. The highest BCUT2D eigenvalue weighted by molar-refractivity contribution is 5.76. The van der Waals surface area contributed by atoms with Crippen molar-refractivity contribution in [1.29, 1.82) is 0 Å². The molecule has 0 heterocycles. The average molecular weight is 227 g/mol. The zero-order valence-electron chi connectivity index (χ0n) is 11.1. The van der Waals surface area contributed by atoms with E-state index in [0.717, 1.165) is 12.8 Å². The maximum Gasteiger partial charge on any atom is 0.220 e. The molecule has 2 N–H and O–H groups in total. The number of unbranched alkanes of at least 4 members (excludes halogenated alkanes) is 8. The van der Waals surface area contributed by atoms with Gasteiger partial charge in [-0.25, -0.2) is 0 Å². The van der Waals surface area contributed by atoms with E-state index in [1.807, 2.05) is 6.92 Å². The van der Waals surface area contributed by atoms with Gasteiger partial charge in [-0.05, 0) is 6.42 Å². The van der Waals surface area contributed by atoms with Gasteiger partial charge < -0.3 is 5.73 Å². The molecule has 0 aliphatic rings. The molecule has 0 unspecified atom stereocenters. The van der Waals surface area contributed by atoms with E-state index in [0.29, 0.717) is 0 Å². The molecule has 0 spiro atoms. The van der Waals surface area contributed by atoms with E-state index in [4.69, 9.17) is 5.73 Å². The minimum atomic E-state index is -0.153. The molecule has 96 valence electrons. The SMILES string of the molecule is CCCCCCCCCCC[C@@H](C)C(N)=O. The third-order valence-electron chi connectivity index (χ3n) is 3.23. The lowest BCUT2D eigenvalue weighted by Gasteiger charge is -2.06. The Morgan fingerprint density at radius 2 is 1.38 bits per heavy atom. The Labute approximate surface area is 101 Å². The normalized spacial score (nSPS) is 12.6. The van der Waals surface area contributed by atoms with Crippen LogP contribution in [0.25, 0.3) is 0 Å². The summed E-state index contributed by atoms with van der Waals surface area (Å²) in [6, 6.07) is 0. The highest BCUT2D eigenvalue weighted by atomic mass is 16.1. The first kappa shape index (κ1) is 15.5. The molecule has 0 radical (unpaired) electrons. The molecule has 2 nitrogen and oxygen atoms in total.